The smallest absolute Gasteiger partial charge is 0.00698 e. The van der Waals surface area contributed by atoms with Crippen LogP contribution in [0.2, 0.25) is 0 Å². The standard InChI is InChI=1S/C15H30N2/c1-12-4-3-5-13(2)17(12)11-15-8-6-14(10-16)7-9-15/h12-15H,3-11,16H2,1-2H3/t12-,13+,14?,15?. The summed E-state index contributed by atoms with van der Waals surface area (Å²) in [5.41, 5.74) is 5.77. The van der Waals surface area contributed by atoms with Crippen molar-refractivity contribution >= 4 is 0 Å². The van der Waals surface area contributed by atoms with Crippen LogP contribution in [0, 0.1) is 11.8 Å². The first kappa shape index (κ1) is 13.4. The van der Waals surface area contributed by atoms with Crippen LogP contribution in [0.1, 0.15) is 58.8 Å². The number of nitrogens with zero attached hydrogens (tertiary/aromatic N) is 1. The molecule has 0 aromatic carbocycles. The van der Waals surface area contributed by atoms with Crippen LogP contribution in [-0.4, -0.2) is 30.1 Å². The van der Waals surface area contributed by atoms with Gasteiger partial charge in [-0.15, -0.1) is 0 Å². The molecule has 2 aliphatic rings. The maximum absolute atomic E-state index is 5.77. The van der Waals surface area contributed by atoms with Gasteiger partial charge in [0, 0.05) is 18.6 Å². The van der Waals surface area contributed by atoms with Crippen molar-refractivity contribution in [3.05, 3.63) is 0 Å². The predicted molar refractivity (Wildman–Crippen MR) is 74.0 cm³/mol. The summed E-state index contributed by atoms with van der Waals surface area (Å²) in [6.45, 7) is 7.09. The number of piperidine rings is 1. The maximum atomic E-state index is 5.77. The Kier molecular flexibility index (Phi) is 4.87. The van der Waals surface area contributed by atoms with E-state index in [2.05, 4.69) is 18.7 Å². The van der Waals surface area contributed by atoms with Gasteiger partial charge in [0.05, 0.1) is 0 Å². The second-order valence-corrected chi connectivity index (χ2v) is 6.45. The number of rotatable bonds is 3. The molecule has 2 nitrogen and oxygen atoms in total. The van der Waals surface area contributed by atoms with E-state index in [0.29, 0.717) is 0 Å². The highest BCUT2D eigenvalue weighted by molar-refractivity contribution is 4.83. The summed E-state index contributed by atoms with van der Waals surface area (Å²) in [5.74, 6) is 1.77. The zero-order valence-corrected chi connectivity index (χ0v) is 11.7. The fourth-order valence-corrected chi connectivity index (χ4v) is 3.78. The molecule has 2 heteroatoms. The summed E-state index contributed by atoms with van der Waals surface area (Å²) < 4.78 is 0. The molecule has 100 valence electrons. The van der Waals surface area contributed by atoms with E-state index in [1.54, 1.807) is 0 Å². The van der Waals surface area contributed by atoms with Gasteiger partial charge in [-0.3, -0.25) is 4.90 Å². The molecular formula is C15H30N2. The van der Waals surface area contributed by atoms with Crippen molar-refractivity contribution in [1.29, 1.82) is 0 Å². The molecule has 1 saturated carbocycles. The molecule has 0 unspecified atom stereocenters. The summed E-state index contributed by atoms with van der Waals surface area (Å²) in [4.78, 5) is 2.77. The Morgan fingerprint density at radius 2 is 1.41 bits per heavy atom. The van der Waals surface area contributed by atoms with Gasteiger partial charge < -0.3 is 5.73 Å². The molecule has 0 amide bonds. The van der Waals surface area contributed by atoms with Crippen molar-refractivity contribution in [2.45, 2.75) is 70.9 Å². The lowest BCUT2D eigenvalue weighted by Gasteiger charge is -2.42. The third kappa shape index (κ3) is 3.45. The fraction of sp³-hybridized carbons (Fsp3) is 1.00. The second-order valence-electron chi connectivity index (χ2n) is 6.45. The zero-order chi connectivity index (χ0) is 12.3. The van der Waals surface area contributed by atoms with E-state index in [1.165, 1.54) is 51.5 Å². The van der Waals surface area contributed by atoms with E-state index in [0.717, 1.165) is 30.5 Å². The van der Waals surface area contributed by atoms with Crippen molar-refractivity contribution in [2.75, 3.05) is 13.1 Å². The van der Waals surface area contributed by atoms with Crippen LogP contribution in [0.15, 0.2) is 0 Å². The lowest BCUT2D eigenvalue weighted by Crippen LogP contribution is -2.46. The number of nitrogens with two attached hydrogens (primary N) is 1. The predicted octanol–water partition coefficient (Wildman–Crippen LogP) is 3.01. The molecule has 17 heavy (non-hydrogen) atoms. The topological polar surface area (TPSA) is 29.3 Å². The molecule has 1 aliphatic heterocycles. The Hall–Kier alpha value is -0.0800. The van der Waals surface area contributed by atoms with E-state index >= 15 is 0 Å². The van der Waals surface area contributed by atoms with E-state index in [9.17, 15) is 0 Å². The average molecular weight is 238 g/mol. The molecular weight excluding hydrogens is 208 g/mol. The lowest BCUT2D eigenvalue weighted by molar-refractivity contribution is 0.0713. The van der Waals surface area contributed by atoms with Crippen LogP contribution in [-0.2, 0) is 0 Å². The van der Waals surface area contributed by atoms with Gasteiger partial charge in [0.25, 0.3) is 0 Å². The van der Waals surface area contributed by atoms with Gasteiger partial charge in [-0.25, -0.2) is 0 Å². The Balaban J connectivity index is 1.80. The van der Waals surface area contributed by atoms with Gasteiger partial charge in [-0.2, -0.15) is 0 Å². The Labute approximate surface area is 107 Å². The van der Waals surface area contributed by atoms with Crippen molar-refractivity contribution < 1.29 is 0 Å². The molecule has 1 aliphatic carbocycles. The van der Waals surface area contributed by atoms with Gasteiger partial charge in [0.15, 0.2) is 0 Å². The molecule has 1 heterocycles. The first-order valence-corrected chi connectivity index (χ1v) is 7.66. The van der Waals surface area contributed by atoms with Crippen LogP contribution in [0.4, 0.5) is 0 Å². The third-order valence-corrected chi connectivity index (χ3v) is 5.14. The molecule has 2 atom stereocenters. The van der Waals surface area contributed by atoms with Gasteiger partial charge in [0.2, 0.25) is 0 Å². The molecule has 0 spiro atoms. The minimum Gasteiger partial charge on any atom is -0.330 e. The molecule has 0 radical (unpaired) electrons. The summed E-state index contributed by atoms with van der Waals surface area (Å²) in [5, 5.41) is 0. The number of hydrogen-bond donors (Lipinski definition) is 1. The van der Waals surface area contributed by atoms with Crippen LogP contribution >= 0.6 is 0 Å². The van der Waals surface area contributed by atoms with Gasteiger partial charge in [-0.05, 0) is 70.8 Å². The molecule has 2 fully saturated rings. The van der Waals surface area contributed by atoms with Crippen molar-refractivity contribution in [3.8, 4) is 0 Å². The summed E-state index contributed by atoms with van der Waals surface area (Å²) in [6, 6.07) is 1.62. The van der Waals surface area contributed by atoms with E-state index in [1.807, 2.05) is 0 Å². The third-order valence-electron chi connectivity index (χ3n) is 5.14. The average Bonchev–Trinajstić information content (AvgIpc) is 2.35. The highest BCUT2D eigenvalue weighted by atomic mass is 15.2. The summed E-state index contributed by atoms with van der Waals surface area (Å²) in [6.07, 6.45) is 9.81. The Morgan fingerprint density at radius 3 is 1.94 bits per heavy atom. The first-order chi connectivity index (χ1) is 8.20. The second kappa shape index (κ2) is 6.19. The van der Waals surface area contributed by atoms with Crippen LogP contribution in [0.3, 0.4) is 0 Å². The molecule has 0 bridgehead atoms. The highest BCUT2D eigenvalue weighted by Gasteiger charge is 2.28. The molecule has 2 N–H and O–H groups in total. The molecule has 1 saturated heterocycles. The number of hydrogen-bond acceptors (Lipinski definition) is 2. The van der Waals surface area contributed by atoms with Gasteiger partial charge in [-0.1, -0.05) is 6.42 Å². The quantitative estimate of drug-likeness (QED) is 0.819. The minimum atomic E-state index is 0.811. The summed E-state index contributed by atoms with van der Waals surface area (Å²) >= 11 is 0. The first-order valence-electron chi connectivity index (χ1n) is 7.66. The zero-order valence-electron chi connectivity index (χ0n) is 11.7. The van der Waals surface area contributed by atoms with Gasteiger partial charge in [0.1, 0.15) is 0 Å². The van der Waals surface area contributed by atoms with E-state index in [-0.39, 0.29) is 0 Å². The van der Waals surface area contributed by atoms with Crippen LogP contribution in [0.5, 0.6) is 0 Å². The highest BCUT2D eigenvalue weighted by Crippen LogP contribution is 2.31. The van der Waals surface area contributed by atoms with Crippen LogP contribution < -0.4 is 5.73 Å². The molecule has 0 aromatic rings. The van der Waals surface area contributed by atoms with E-state index < -0.39 is 0 Å². The van der Waals surface area contributed by atoms with Crippen molar-refractivity contribution in [3.63, 3.8) is 0 Å². The monoisotopic (exact) mass is 238 g/mol. The SMILES string of the molecule is C[C@@H]1CCC[C@H](C)N1CC1CCC(CN)CC1. The van der Waals surface area contributed by atoms with Gasteiger partial charge >= 0.3 is 0 Å². The van der Waals surface area contributed by atoms with Crippen molar-refractivity contribution in [1.82, 2.24) is 4.90 Å². The molecule has 2 rings (SSSR count). The molecule has 0 aromatic heterocycles. The number of likely N-dealkylation sites (tertiary alicyclic amines) is 1. The Morgan fingerprint density at radius 1 is 0.882 bits per heavy atom. The van der Waals surface area contributed by atoms with E-state index in [4.69, 9.17) is 5.73 Å². The fourth-order valence-electron chi connectivity index (χ4n) is 3.78. The van der Waals surface area contributed by atoms with Crippen molar-refractivity contribution in [2.24, 2.45) is 17.6 Å². The maximum Gasteiger partial charge on any atom is 0.00698 e. The van der Waals surface area contributed by atoms with Crippen LogP contribution in [0.25, 0.3) is 0 Å². The normalized spacial score (nSPS) is 40.4. The summed E-state index contributed by atoms with van der Waals surface area (Å²) in [7, 11) is 0. The Bertz CT molecular complexity index is 211. The minimum absolute atomic E-state index is 0.811. The lowest BCUT2D eigenvalue weighted by atomic mass is 9.81. The largest absolute Gasteiger partial charge is 0.330 e.